The zero-order chi connectivity index (χ0) is 19.1. The summed E-state index contributed by atoms with van der Waals surface area (Å²) >= 11 is 0. The van der Waals surface area contributed by atoms with E-state index in [0.717, 1.165) is 30.3 Å². The molecule has 0 radical (unpaired) electrons. The van der Waals surface area contributed by atoms with Gasteiger partial charge in [-0.25, -0.2) is 0 Å². The van der Waals surface area contributed by atoms with Gasteiger partial charge in [-0.05, 0) is 62.0 Å². The SMILES string of the molecule is C1CCNCC1.N=Cn1cc(O[C@@H]2CC[C@H](N)c3ccccc32)ccc1=N. The molecule has 1 fully saturated rings. The van der Waals surface area contributed by atoms with E-state index in [1.807, 2.05) is 12.1 Å². The Labute approximate surface area is 160 Å². The highest BCUT2D eigenvalue weighted by Crippen LogP contribution is 2.37. The third-order valence-electron chi connectivity index (χ3n) is 5.06. The lowest BCUT2D eigenvalue weighted by molar-refractivity contribution is 0.176. The lowest BCUT2D eigenvalue weighted by atomic mass is 9.86. The smallest absolute Gasteiger partial charge is 0.137 e. The second-order valence-corrected chi connectivity index (χ2v) is 7.02. The summed E-state index contributed by atoms with van der Waals surface area (Å²) in [5.41, 5.74) is 8.68. The Hall–Kier alpha value is -2.44. The van der Waals surface area contributed by atoms with E-state index in [1.54, 1.807) is 18.3 Å². The van der Waals surface area contributed by atoms with E-state index in [-0.39, 0.29) is 17.6 Å². The van der Waals surface area contributed by atoms with Crippen molar-refractivity contribution in [1.29, 1.82) is 10.8 Å². The summed E-state index contributed by atoms with van der Waals surface area (Å²) in [7, 11) is 0. The Kier molecular flexibility index (Phi) is 6.79. The normalized spacial score (nSPS) is 21.4. The van der Waals surface area contributed by atoms with Crippen molar-refractivity contribution in [2.24, 2.45) is 5.73 Å². The molecule has 0 bridgehead atoms. The lowest BCUT2D eigenvalue weighted by Gasteiger charge is -2.30. The van der Waals surface area contributed by atoms with E-state index < -0.39 is 0 Å². The van der Waals surface area contributed by atoms with Crippen LogP contribution in [-0.4, -0.2) is 24.0 Å². The number of nitrogens with two attached hydrogens (primary N) is 1. The first-order valence-electron chi connectivity index (χ1n) is 9.68. The topological polar surface area (TPSA) is 99.9 Å². The second-order valence-electron chi connectivity index (χ2n) is 7.02. The summed E-state index contributed by atoms with van der Waals surface area (Å²) in [6.45, 7) is 2.50. The fraction of sp³-hybridized carbons (Fsp3) is 0.429. The highest BCUT2D eigenvalue weighted by molar-refractivity contribution is 5.54. The van der Waals surface area contributed by atoms with Gasteiger partial charge in [0.05, 0.1) is 12.5 Å². The molecule has 0 spiro atoms. The predicted octanol–water partition coefficient (Wildman–Crippen LogP) is 3.10. The molecule has 27 heavy (non-hydrogen) atoms. The highest BCUT2D eigenvalue weighted by atomic mass is 16.5. The molecule has 0 saturated carbocycles. The van der Waals surface area contributed by atoms with Crippen LogP contribution < -0.4 is 21.3 Å². The van der Waals surface area contributed by atoms with Gasteiger partial charge in [0.25, 0.3) is 0 Å². The van der Waals surface area contributed by atoms with Crippen LogP contribution >= 0.6 is 0 Å². The first-order valence-corrected chi connectivity index (χ1v) is 9.68. The zero-order valence-electron chi connectivity index (χ0n) is 15.7. The van der Waals surface area contributed by atoms with Crippen molar-refractivity contribution in [3.8, 4) is 5.75 Å². The highest BCUT2D eigenvalue weighted by Gasteiger charge is 2.26. The number of hydrogen-bond acceptors (Lipinski definition) is 5. The number of piperidine rings is 1. The van der Waals surface area contributed by atoms with Gasteiger partial charge in [0, 0.05) is 6.04 Å². The summed E-state index contributed by atoms with van der Waals surface area (Å²) in [4.78, 5) is 0. The molecule has 5 N–H and O–H groups in total. The van der Waals surface area contributed by atoms with Gasteiger partial charge in [-0.15, -0.1) is 0 Å². The van der Waals surface area contributed by atoms with E-state index in [4.69, 9.17) is 21.3 Å². The number of benzene rings is 1. The minimum atomic E-state index is -0.0308. The van der Waals surface area contributed by atoms with Crippen LogP contribution in [0.25, 0.3) is 0 Å². The number of ether oxygens (including phenoxy) is 1. The van der Waals surface area contributed by atoms with Crippen LogP contribution in [0, 0.1) is 10.8 Å². The van der Waals surface area contributed by atoms with Crippen molar-refractivity contribution < 1.29 is 4.74 Å². The number of fused-ring (bicyclic) bond motifs is 1. The van der Waals surface area contributed by atoms with E-state index in [2.05, 4.69) is 17.4 Å². The number of nitrogens with zero attached hydrogens (tertiary/aromatic N) is 1. The van der Waals surface area contributed by atoms with Crippen LogP contribution in [0.3, 0.4) is 0 Å². The molecule has 6 heteroatoms. The van der Waals surface area contributed by atoms with Gasteiger partial charge in [0.1, 0.15) is 17.3 Å². The monoisotopic (exact) mass is 367 g/mol. The molecule has 2 heterocycles. The van der Waals surface area contributed by atoms with E-state index >= 15 is 0 Å². The largest absolute Gasteiger partial charge is 0.484 e. The van der Waals surface area contributed by atoms with Crippen LogP contribution in [0.15, 0.2) is 42.6 Å². The van der Waals surface area contributed by atoms with E-state index in [1.165, 1.54) is 36.9 Å². The van der Waals surface area contributed by atoms with Crippen molar-refractivity contribution >= 4 is 6.34 Å². The Morgan fingerprint density at radius 2 is 1.78 bits per heavy atom. The minimum Gasteiger partial charge on any atom is -0.484 e. The molecule has 0 unspecified atom stereocenters. The molecule has 4 rings (SSSR count). The van der Waals surface area contributed by atoms with Crippen molar-refractivity contribution in [2.75, 3.05) is 13.1 Å². The molecular formula is C21H29N5O. The molecule has 1 aromatic heterocycles. The molecular weight excluding hydrogens is 338 g/mol. The summed E-state index contributed by atoms with van der Waals surface area (Å²) in [6, 6.07) is 11.6. The maximum Gasteiger partial charge on any atom is 0.137 e. The second kappa shape index (κ2) is 9.48. The molecule has 1 aliphatic heterocycles. The molecule has 1 aromatic carbocycles. The number of pyridine rings is 1. The molecule has 2 atom stereocenters. The fourth-order valence-corrected chi connectivity index (χ4v) is 3.55. The van der Waals surface area contributed by atoms with Crippen molar-refractivity contribution in [3.05, 3.63) is 59.2 Å². The molecule has 2 aliphatic rings. The summed E-state index contributed by atoms with van der Waals surface area (Å²) in [6.07, 6.45) is 8.70. The average molecular weight is 367 g/mol. The van der Waals surface area contributed by atoms with Crippen LogP contribution in [0.5, 0.6) is 5.75 Å². The Bertz CT molecular complexity index is 801. The number of hydrogen-bond donors (Lipinski definition) is 4. The first-order chi connectivity index (χ1) is 13.2. The molecule has 6 nitrogen and oxygen atoms in total. The quantitative estimate of drug-likeness (QED) is 0.495. The molecule has 1 aliphatic carbocycles. The van der Waals surface area contributed by atoms with Crippen LogP contribution in [0.4, 0.5) is 0 Å². The maximum absolute atomic E-state index is 7.67. The molecule has 2 aromatic rings. The fourth-order valence-electron chi connectivity index (χ4n) is 3.55. The summed E-state index contributed by atoms with van der Waals surface area (Å²) in [5.74, 6) is 0.657. The Balaban J connectivity index is 0.000000299. The van der Waals surface area contributed by atoms with Gasteiger partial charge >= 0.3 is 0 Å². The number of nitrogens with one attached hydrogen (secondary N) is 3. The molecule has 144 valence electrons. The van der Waals surface area contributed by atoms with E-state index in [9.17, 15) is 0 Å². The summed E-state index contributed by atoms with van der Waals surface area (Å²) < 4.78 is 7.48. The van der Waals surface area contributed by atoms with E-state index in [0.29, 0.717) is 5.75 Å². The average Bonchev–Trinajstić information content (AvgIpc) is 2.73. The lowest BCUT2D eigenvalue weighted by Crippen LogP contribution is -2.24. The van der Waals surface area contributed by atoms with Gasteiger partial charge in [0.15, 0.2) is 0 Å². The standard InChI is InChI=1S/C16H18N4O.C5H11N/c17-10-20-9-11(5-8-16(20)19)21-15-7-6-14(18)12-3-1-2-4-13(12)15;1-2-4-6-5-3-1/h1-5,8-10,14-15,17,19H,6-7,18H2;6H,1-5H2/t14-,15+;/m0./s1. The van der Waals surface area contributed by atoms with Gasteiger partial charge in [0.2, 0.25) is 0 Å². The van der Waals surface area contributed by atoms with Crippen molar-refractivity contribution in [2.45, 2.75) is 44.2 Å². The maximum atomic E-state index is 7.67. The summed E-state index contributed by atoms with van der Waals surface area (Å²) in [5, 5.41) is 18.2. The minimum absolute atomic E-state index is 0.0308. The Morgan fingerprint density at radius 3 is 2.41 bits per heavy atom. The van der Waals surface area contributed by atoms with Crippen LogP contribution in [0.1, 0.15) is 55.4 Å². The van der Waals surface area contributed by atoms with Gasteiger partial charge in [-0.1, -0.05) is 30.7 Å². The van der Waals surface area contributed by atoms with Crippen molar-refractivity contribution in [3.63, 3.8) is 0 Å². The Morgan fingerprint density at radius 1 is 1.04 bits per heavy atom. The van der Waals surface area contributed by atoms with Crippen LogP contribution in [0.2, 0.25) is 0 Å². The number of rotatable bonds is 3. The third-order valence-corrected chi connectivity index (χ3v) is 5.06. The first kappa shape index (κ1) is 19.3. The molecule has 0 amide bonds. The van der Waals surface area contributed by atoms with Gasteiger partial charge < -0.3 is 15.8 Å². The van der Waals surface area contributed by atoms with Crippen molar-refractivity contribution in [1.82, 2.24) is 9.88 Å². The zero-order valence-corrected chi connectivity index (χ0v) is 15.7. The van der Waals surface area contributed by atoms with Crippen LogP contribution in [-0.2, 0) is 0 Å². The third kappa shape index (κ3) is 5.05. The predicted molar refractivity (Wildman–Crippen MR) is 107 cm³/mol. The van der Waals surface area contributed by atoms with Gasteiger partial charge in [-0.3, -0.25) is 15.4 Å². The molecule has 1 saturated heterocycles. The number of aromatic nitrogens is 1. The van der Waals surface area contributed by atoms with Gasteiger partial charge in [-0.2, -0.15) is 0 Å².